The number of nitrogens with zero attached hydrogens (tertiary/aromatic N) is 3. The Bertz CT molecular complexity index is 1240. The fraction of sp³-hybridized carbons (Fsp3) is 0.594. The van der Waals surface area contributed by atoms with Gasteiger partial charge in [-0.05, 0) is 31.2 Å². The van der Waals surface area contributed by atoms with E-state index >= 15 is 0 Å². The zero-order valence-corrected chi connectivity index (χ0v) is 26.4. The standard InChI is InChI=1S/C32H43N5O4S2/c38-28(36-17-16-33-19-26(36)30-27(40-22-41-30)18-23-10-4-1-5-11-23)21-42-29-20-34-31(43-29)35-32(39)37(24-12-6-2-7-13-24)25-14-8-3-9-15-25/h1,4-5,10-11,20,24-26,33H,2-3,6-9,12-19,21-22H2,(H,34,35,39). The van der Waals surface area contributed by atoms with Crippen molar-refractivity contribution in [2.24, 2.45) is 0 Å². The molecule has 2 aromatic rings. The van der Waals surface area contributed by atoms with Gasteiger partial charge in [0.25, 0.3) is 0 Å². The molecule has 0 spiro atoms. The lowest BCUT2D eigenvalue weighted by molar-refractivity contribution is -0.131. The molecular weight excluding hydrogens is 583 g/mol. The van der Waals surface area contributed by atoms with Crippen molar-refractivity contribution in [2.45, 2.75) is 93.0 Å². The fourth-order valence-electron chi connectivity index (χ4n) is 6.86. The van der Waals surface area contributed by atoms with Gasteiger partial charge in [-0.2, -0.15) is 0 Å². The number of ether oxygens (including phenoxy) is 2. The summed E-state index contributed by atoms with van der Waals surface area (Å²) in [7, 11) is 0. The molecule has 1 unspecified atom stereocenters. The van der Waals surface area contributed by atoms with Crippen LogP contribution in [0.1, 0.15) is 69.8 Å². The van der Waals surface area contributed by atoms with E-state index in [0.29, 0.717) is 42.5 Å². The maximum Gasteiger partial charge on any atom is 0.324 e. The Balaban J connectivity index is 1.06. The maximum atomic E-state index is 13.6. The lowest BCUT2D eigenvalue weighted by atomic mass is 9.89. The SMILES string of the molecule is O=C(CSc1cnc(NC(=O)N(C2CCCCC2)C2CCCCC2)s1)N1CCNCC1C1=C(Cc2ccccc2)OCO1. The van der Waals surface area contributed by atoms with Gasteiger partial charge in [0.15, 0.2) is 10.9 Å². The number of allylic oxidation sites excluding steroid dienone is 1. The molecule has 3 amide bonds. The third-order valence-electron chi connectivity index (χ3n) is 9.00. The molecule has 2 saturated carbocycles. The minimum Gasteiger partial charge on any atom is -0.458 e. The molecule has 1 aromatic heterocycles. The second kappa shape index (κ2) is 14.8. The predicted octanol–water partition coefficient (Wildman–Crippen LogP) is 5.99. The first-order chi connectivity index (χ1) is 21.2. The molecule has 1 atom stereocenters. The summed E-state index contributed by atoms with van der Waals surface area (Å²) < 4.78 is 12.7. The summed E-state index contributed by atoms with van der Waals surface area (Å²) in [5.74, 6) is 1.89. The molecule has 6 rings (SSSR count). The van der Waals surface area contributed by atoms with E-state index in [4.69, 9.17) is 9.47 Å². The molecule has 232 valence electrons. The van der Waals surface area contributed by atoms with Crippen LogP contribution in [-0.4, -0.2) is 77.0 Å². The van der Waals surface area contributed by atoms with Crippen molar-refractivity contribution in [3.63, 3.8) is 0 Å². The van der Waals surface area contributed by atoms with E-state index in [9.17, 15) is 9.59 Å². The molecule has 1 saturated heterocycles. The van der Waals surface area contributed by atoms with Crippen molar-refractivity contribution < 1.29 is 19.1 Å². The van der Waals surface area contributed by atoms with Crippen LogP contribution in [0.3, 0.4) is 0 Å². The number of hydrogen-bond acceptors (Lipinski definition) is 8. The quantitative estimate of drug-likeness (QED) is 0.331. The number of anilines is 1. The van der Waals surface area contributed by atoms with Crippen molar-refractivity contribution in [3.05, 3.63) is 53.6 Å². The molecule has 2 aliphatic carbocycles. The van der Waals surface area contributed by atoms with Crippen LogP contribution in [0.2, 0.25) is 0 Å². The molecule has 2 N–H and O–H groups in total. The summed E-state index contributed by atoms with van der Waals surface area (Å²) in [5, 5.41) is 7.13. The molecular formula is C32H43N5O4S2. The molecule has 0 bridgehead atoms. The number of carbonyl (C=O) groups excluding carboxylic acids is 2. The maximum absolute atomic E-state index is 13.6. The number of benzene rings is 1. The van der Waals surface area contributed by atoms with Crippen LogP contribution in [-0.2, 0) is 20.7 Å². The third kappa shape index (κ3) is 7.67. The van der Waals surface area contributed by atoms with Crippen LogP contribution in [0.25, 0.3) is 0 Å². The molecule has 43 heavy (non-hydrogen) atoms. The van der Waals surface area contributed by atoms with Gasteiger partial charge in [0, 0.05) is 38.1 Å². The second-order valence-corrected chi connectivity index (χ2v) is 14.2. The Morgan fingerprint density at radius 3 is 2.47 bits per heavy atom. The van der Waals surface area contributed by atoms with Gasteiger partial charge in [-0.1, -0.05) is 80.2 Å². The topological polar surface area (TPSA) is 96.0 Å². The summed E-state index contributed by atoms with van der Waals surface area (Å²) in [4.78, 5) is 35.7. The van der Waals surface area contributed by atoms with Gasteiger partial charge in [-0.3, -0.25) is 10.1 Å². The monoisotopic (exact) mass is 625 g/mol. The van der Waals surface area contributed by atoms with Crippen LogP contribution < -0.4 is 10.6 Å². The number of rotatable bonds is 9. The fourth-order valence-corrected chi connectivity index (χ4v) is 8.61. The average molecular weight is 626 g/mol. The summed E-state index contributed by atoms with van der Waals surface area (Å²) in [6.07, 6.45) is 14.1. The molecule has 11 heteroatoms. The van der Waals surface area contributed by atoms with Crippen LogP contribution >= 0.6 is 23.1 Å². The van der Waals surface area contributed by atoms with E-state index in [1.807, 2.05) is 23.1 Å². The Morgan fingerprint density at radius 1 is 1.02 bits per heavy atom. The van der Waals surface area contributed by atoms with Crippen LogP contribution in [0, 0.1) is 0 Å². The average Bonchev–Trinajstić information content (AvgIpc) is 3.71. The summed E-state index contributed by atoms with van der Waals surface area (Å²) >= 11 is 2.92. The zero-order chi connectivity index (χ0) is 29.4. The van der Waals surface area contributed by atoms with Crippen molar-refractivity contribution in [1.29, 1.82) is 0 Å². The minimum absolute atomic E-state index is 0.0113. The minimum atomic E-state index is -0.204. The Kier molecular flexibility index (Phi) is 10.4. The first-order valence-corrected chi connectivity index (χ1v) is 17.7. The second-order valence-electron chi connectivity index (χ2n) is 11.9. The van der Waals surface area contributed by atoms with E-state index in [0.717, 1.165) is 53.5 Å². The molecule has 0 radical (unpaired) electrons. The number of urea groups is 1. The van der Waals surface area contributed by atoms with Gasteiger partial charge in [0.1, 0.15) is 11.8 Å². The molecule has 3 heterocycles. The summed E-state index contributed by atoms with van der Waals surface area (Å²) in [6, 6.07) is 10.6. The van der Waals surface area contributed by atoms with Gasteiger partial charge >= 0.3 is 6.03 Å². The molecule has 4 aliphatic rings. The van der Waals surface area contributed by atoms with Gasteiger partial charge in [0.2, 0.25) is 12.7 Å². The van der Waals surface area contributed by atoms with E-state index < -0.39 is 0 Å². The highest BCUT2D eigenvalue weighted by atomic mass is 32.2. The third-order valence-corrected chi connectivity index (χ3v) is 11.1. The lowest BCUT2D eigenvalue weighted by Gasteiger charge is -2.41. The number of nitrogens with one attached hydrogen (secondary N) is 2. The van der Waals surface area contributed by atoms with Gasteiger partial charge in [-0.25, -0.2) is 9.78 Å². The van der Waals surface area contributed by atoms with E-state index in [1.165, 1.54) is 61.6 Å². The first-order valence-electron chi connectivity index (χ1n) is 15.9. The van der Waals surface area contributed by atoms with E-state index in [2.05, 4.69) is 32.7 Å². The molecule has 2 aliphatic heterocycles. The van der Waals surface area contributed by atoms with E-state index in [-0.39, 0.29) is 24.8 Å². The Labute approximate surface area is 262 Å². The van der Waals surface area contributed by atoms with Crippen LogP contribution in [0.15, 0.2) is 52.3 Å². The number of thioether (sulfide) groups is 1. The Hall–Kier alpha value is -2.76. The number of hydrogen-bond donors (Lipinski definition) is 2. The van der Waals surface area contributed by atoms with Gasteiger partial charge in [-0.15, -0.1) is 11.8 Å². The first kappa shape index (κ1) is 30.3. The number of carbonyl (C=O) groups is 2. The van der Waals surface area contributed by atoms with Crippen molar-refractivity contribution in [2.75, 3.05) is 37.5 Å². The highest BCUT2D eigenvalue weighted by Gasteiger charge is 2.36. The predicted molar refractivity (Wildman–Crippen MR) is 170 cm³/mol. The summed E-state index contributed by atoms with van der Waals surface area (Å²) in [5.41, 5.74) is 1.14. The van der Waals surface area contributed by atoms with Gasteiger partial charge < -0.3 is 24.6 Å². The van der Waals surface area contributed by atoms with Crippen molar-refractivity contribution in [3.8, 4) is 0 Å². The Morgan fingerprint density at radius 2 is 1.74 bits per heavy atom. The zero-order valence-electron chi connectivity index (χ0n) is 24.8. The number of aromatic nitrogens is 1. The molecule has 9 nitrogen and oxygen atoms in total. The van der Waals surface area contributed by atoms with Crippen LogP contribution in [0.5, 0.6) is 0 Å². The van der Waals surface area contributed by atoms with Crippen molar-refractivity contribution in [1.82, 2.24) is 20.1 Å². The van der Waals surface area contributed by atoms with Crippen molar-refractivity contribution >= 4 is 40.2 Å². The smallest absolute Gasteiger partial charge is 0.324 e. The van der Waals surface area contributed by atoms with E-state index in [1.54, 1.807) is 6.20 Å². The number of amides is 3. The summed E-state index contributed by atoms with van der Waals surface area (Å²) in [6.45, 7) is 2.16. The molecule has 1 aromatic carbocycles. The normalized spacial score (nSPS) is 21.8. The number of piperazine rings is 1. The highest BCUT2D eigenvalue weighted by molar-refractivity contribution is 8.01. The largest absolute Gasteiger partial charge is 0.458 e. The lowest BCUT2D eigenvalue weighted by Crippen LogP contribution is -2.55. The molecule has 3 fully saturated rings. The number of thiazole rings is 1. The van der Waals surface area contributed by atoms with Crippen LogP contribution in [0.4, 0.5) is 9.93 Å². The highest BCUT2D eigenvalue weighted by Crippen LogP contribution is 2.33. The van der Waals surface area contributed by atoms with Gasteiger partial charge in [0.05, 0.1) is 16.2 Å².